The van der Waals surface area contributed by atoms with Crippen molar-refractivity contribution in [2.24, 2.45) is 5.92 Å². The number of amides is 2. The summed E-state index contributed by atoms with van der Waals surface area (Å²) in [6, 6.07) is 21.0. The van der Waals surface area contributed by atoms with Crippen molar-refractivity contribution in [3.8, 4) is 5.69 Å². The van der Waals surface area contributed by atoms with Crippen molar-refractivity contribution in [2.45, 2.75) is 12.8 Å². The van der Waals surface area contributed by atoms with E-state index in [1.54, 1.807) is 4.90 Å². The first-order valence-corrected chi connectivity index (χ1v) is 9.59. The van der Waals surface area contributed by atoms with Crippen molar-refractivity contribution in [3.63, 3.8) is 0 Å². The molecule has 1 atom stereocenters. The van der Waals surface area contributed by atoms with Gasteiger partial charge in [0.15, 0.2) is 0 Å². The van der Waals surface area contributed by atoms with Crippen LogP contribution in [-0.2, 0) is 4.79 Å². The smallest absolute Gasteiger partial charge is 0.253 e. The number of nitrogens with one attached hydrogen (secondary N) is 1. The van der Waals surface area contributed by atoms with Crippen molar-refractivity contribution in [1.29, 1.82) is 0 Å². The topological polar surface area (TPSA) is 54.3 Å². The molecule has 5 nitrogen and oxygen atoms in total. The second-order valence-corrected chi connectivity index (χ2v) is 7.08. The minimum Gasteiger partial charge on any atom is -0.338 e. The predicted octanol–water partition coefficient (Wildman–Crippen LogP) is 3.97. The lowest BCUT2D eigenvalue weighted by Gasteiger charge is -2.32. The Bertz CT molecular complexity index is 934. The number of likely N-dealkylation sites (tertiary alicyclic amines) is 1. The lowest BCUT2D eigenvalue weighted by molar-refractivity contribution is -0.121. The first-order chi connectivity index (χ1) is 13.7. The molecule has 3 aromatic rings. The fraction of sp³-hybridized carbons (Fsp3) is 0.217. The predicted molar refractivity (Wildman–Crippen MR) is 109 cm³/mol. The zero-order chi connectivity index (χ0) is 19.3. The molecule has 1 saturated heterocycles. The van der Waals surface area contributed by atoms with Crippen LogP contribution in [0.2, 0.25) is 0 Å². The Hall–Kier alpha value is -3.34. The maximum Gasteiger partial charge on any atom is 0.253 e. The van der Waals surface area contributed by atoms with E-state index in [-0.39, 0.29) is 17.7 Å². The van der Waals surface area contributed by atoms with Crippen LogP contribution in [0.4, 0.5) is 5.69 Å². The Morgan fingerprint density at radius 2 is 1.61 bits per heavy atom. The Morgan fingerprint density at radius 1 is 0.893 bits per heavy atom. The van der Waals surface area contributed by atoms with Crippen LogP contribution in [-0.4, -0.2) is 34.4 Å². The molecule has 1 aliphatic heterocycles. The Labute approximate surface area is 164 Å². The van der Waals surface area contributed by atoms with Crippen molar-refractivity contribution >= 4 is 17.5 Å². The van der Waals surface area contributed by atoms with Gasteiger partial charge in [-0.05, 0) is 61.4 Å². The van der Waals surface area contributed by atoms with E-state index in [4.69, 9.17) is 0 Å². The van der Waals surface area contributed by atoms with Crippen LogP contribution in [0.25, 0.3) is 5.69 Å². The van der Waals surface area contributed by atoms with E-state index in [0.29, 0.717) is 18.7 Å². The monoisotopic (exact) mass is 373 g/mol. The fourth-order valence-corrected chi connectivity index (χ4v) is 3.61. The van der Waals surface area contributed by atoms with E-state index < -0.39 is 0 Å². The molecule has 4 rings (SSSR count). The highest BCUT2D eigenvalue weighted by Crippen LogP contribution is 2.21. The van der Waals surface area contributed by atoms with Gasteiger partial charge in [-0.2, -0.15) is 0 Å². The third-order valence-corrected chi connectivity index (χ3v) is 5.14. The number of nitrogens with zero attached hydrogens (tertiary/aromatic N) is 2. The molecule has 5 heteroatoms. The maximum absolute atomic E-state index is 12.9. The Morgan fingerprint density at radius 3 is 2.32 bits per heavy atom. The van der Waals surface area contributed by atoms with E-state index >= 15 is 0 Å². The highest BCUT2D eigenvalue weighted by molar-refractivity contribution is 5.96. The number of rotatable bonds is 4. The number of hydrogen-bond donors (Lipinski definition) is 1. The Balaban J connectivity index is 1.41. The first-order valence-electron chi connectivity index (χ1n) is 9.59. The van der Waals surface area contributed by atoms with Crippen LogP contribution in [0.1, 0.15) is 23.2 Å². The third-order valence-electron chi connectivity index (χ3n) is 5.14. The van der Waals surface area contributed by atoms with Crippen LogP contribution in [0.5, 0.6) is 0 Å². The molecule has 1 unspecified atom stereocenters. The summed E-state index contributed by atoms with van der Waals surface area (Å²) in [6.07, 6.45) is 5.57. The van der Waals surface area contributed by atoms with Gasteiger partial charge < -0.3 is 14.8 Å². The first kappa shape index (κ1) is 18.0. The number of carbonyl (C=O) groups excluding carboxylic acids is 2. The maximum atomic E-state index is 12.9. The number of aromatic nitrogens is 1. The van der Waals surface area contributed by atoms with Gasteiger partial charge in [0.1, 0.15) is 0 Å². The number of anilines is 1. The van der Waals surface area contributed by atoms with Gasteiger partial charge in [0, 0.05) is 42.4 Å². The summed E-state index contributed by atoms with van der Waals surface area (Å²) < 4.78 is 2.00. The summed E-state index contributed by atoms with van der Waals surface area (Å²) in [5, 5.41) is 2.95. The van der Waals surface area contributed by atoms with E-state index in [9.17, 15) is 9.59 Å². The summed E-state index contributed by atoms with van der Waals surface area (Å²) >= 11 is 0. The molecule has 0 spiro atoms. The molecular formula is C23H23N3O2. The van der Waals surface area contributed by atoms with E-state index in [1.807, 2.05) is 83.7 Å². The molecule has 1 aliphatic rings. The molecule has 0 bridgehead atoms. The summed E-state index contributed by atoms with van der Waals surface area (Å²) in [4.78, 5) is 27.3. The fourth-order valence-electron chi connectivity index (χ4n) is 3.61. The average molecular weight is 373 g/mol. The van der Waals surface area contributed by atoms with E-state index in [2.05, 4.69) is 5.32 Å². The standard InChI is InChI=1S/C23H23N3O2/c27-22(24-20-8-2-1-3-9-20)19-7-6-16-26(17-19)23(28)18-10-12-21(13-11-18)25-14-4-5-15-25/h1-5,8-15,19H,6-7,16-17H2,(H,24,27). The van der Waals surface area contributed by atoms with Crippen molar-refractivity contribution in [3.05, 3.63) is 84.7 Å². The van der Waals surface area contributed by atoms with Gasteiger partial charge in [0.2, 0.25) is 5.91 Å². The van der Waals surface area contributed by atoms with Crippen molar-refractivity contribution in [1.82, 2.24) is 9.47 Å². The molecule has 2 aromatic carbocycles. The number of carbonyl (C=O) groups is 2. The molecule has 1 fully saturated rings. The van der Waals surface area contributed by atoms with Crippen LogP contribution in [0.15, 0.2) is 79.1 Å². The van der Waals surface area contributed by atoms with Gasteiger partial charge >= 0.3 is 0 Å². The zero-order valence-corrected chi connectivity index (χ0v) is 15.6. The van der Waals surface area contributed by atoms with Crippen LogP contribution >= 0.6 is 0 Å². The second kappa shape index (κ2) is 8.13. The van der Waals surface area contributed by atoms with Crippen LogP contribution in [0, 0.1) is 5.92 Å². The summed E-state index contributed by atoms with van der Waals surface area (Å²) in [7, 11) is 0. The SMILES string of the molecule is O=C(Nc1ccccc1)C1CCCN(C(=O)c2ccc(-n3cccc3)cc2)C1. The summed E-state index contributed by atoms with van der Waals surface area (Å²) in [5.74, 6) is -0.222. The van der Waals surface area contributed by atoms with Crippen LogP contribution in [0.3, 0.4) is 0 Å². The molecule has 1 aromatic heterocycles. The quantitative estimate of drug-likeness (QED) is 0.752. The van der Waals surface area contributed by atoms with Gasteiger partial charge in [-0.15, -0.1) is 0 Å². The van der Waals surface area contributed by atoms with Gasteiger partial charge in [0.05, 0.1) is 5.92 Å². The zero-order valence-electron chi connectivity index (χ0n) is 15.6. The summed E-state index contributed by atoms with van der Waals surface area (Å²) in [5.41, 5.74) is 2.46. The lowest BCUT2D eigenvalue weighted by atomic mass is 9.96. The number of piperidine rings is 1. The van der Waals surface area contributed by atoms with Gasteiger partial charge in [-0.1, -0.05) is 18.2 Å². The molecule has 28 heavy (non-hydrogen) atoms. The lowest BCUT2D eigenvalue weighted by Crippen LogP contribution is -2.43. The molecule has 0 aliphatic carbocycles. The number of hydrogen-bond acceptors (Lipinski definition) is 2. The van der Waals surface area contributed by atoms with E-state index in [1.165, 1.54) is 0 Å². The normalized spacial score (nSPS) is 16.6. The van der Waals surface area contributed by atoms with Gasteiger partial charge in [-0.3, -0.25) is 9.59 Å². The average Bonchev–Trinajstić information content (AvgIpc) is 3.29. The number of benzene rings is 2. The summed E-state index contributed by atoms with van der Waals surface area (Å²) in [6.45, 7) is 1.14. The van der Waals surface area contributed by atoms with Crippen molar-refractivity contribution in [2.75, 3.05) is 18.4 Å². The minimum atomic E-state index is -0.183. The molecule has 2 amide bonds. The largest absolute Gasteiger partial charge is 0.338 e. The molecule has 142 valence electrons. The molecule has 1 N–H and O–H groups in total. The minimum absolute atomic E-state index is 0.0173. The molecular weight excluding hydrogens is 350 g/mol. The third kappa shape index (κ3) is 3.98. The highest BCUT2D eigenvalue weighted by Gasteiger charge is 2.29. The molecule has 0 saturated carbocycles. The van der Waals surface area contributed by atoms with Gasteiger partial charge in [-0.25, -0.2) is 0 Å². The van der Waals surface area contributed by atoms with Crippen molar-refractivity contribution < 1.29 is 9.59 Å². The highest BCUT2D eigenvalue weighted by atomic mass is 16.2. The second-order valence-electron chi connectivity index (χ2n) is 7.08. The number of para-hydroxylation sites is 1. The molecule has 2 heterocycles. The van der Waals surface area contributed by atoms with Crippen LogP contribution < -0.4 is 5.32 Å². The van der Waals surface area contributed by atoms with E-state index in [0.717, 1.165) is 24.2 Å². The molecule has 0 radical (unpaired) electrons. The van der Waals surface area contributed by atoms with Gasteiger partial charge in [0.25, 0.3) is 5.91 Å². The Kier molecular flexibility index (Phi) is 5.24.